The molecule has 0 unspecified atom stereocenters. The van der Waals surface area contributed by atoms with Crippen LogP contribution in [-0.2, 0) is 4.79 Å². The van der Waals surface area contributed by atoms with Gasteiger partial charge >= 0.3 is 0 Å². The first-order valence-corrected chi connectivity index (χ1v) is 2.55. The molecule has 0 atom stereocenters. The number of carbonyl (C=O) groups is 1. The van der Waals surface area contributed by atoms with Crippen molar-refractivity contribution >= 4 is 5.97 Å². The summed E-state index contributed by atoms with van der Waals surface area (Å²) in [6.07, 6.45) is 0. The van der Waals surface area contributed by atoms with Crippen molar-refractivity contribution in [1.29, 1.82) is 0 Å². The van der Waals surface area contributed by atoms with Crippen molar-refractivity contribution in [2.45, 2.75) is 19.6 Å². The van der Waals surface area contributed by atoms with Gasteiger partial charge in [0.1, 0.15) is 5.97 Å². The van der Waals surface area contributed by atoms with Crippen LogP contribution in [0.25, 0.3) is 0 Å². The summed E-state index contributed by atoms with van der Waals surface area (Å²) >= 11 is 0. The van der Waals surface area contributed by atoms with Gasteiger partial charge in [0.15, 0.2) is 0 Å². The molecule has 9 heavy (non-hydrogen) atoms. The molecule has 0 radical (unpaired) electrons. The van der Waals surface area contributed by atoms with Crippen LogP contribution in [0, 0.1) is 5.92 Å². The fraction of sp³-hybridized carbons (Fsp3) is 0.800. The van der Waals surface area contributed by atoms with Crippen LogP contribution in [0.2, 0.25) is 0 Å². The fourth-order valence-corrected chi connectivity index (χ4v) is 0.236. The summed E-state index contributed by atoms with van der Waals surface area (Å²) in [5.74, 6) is -5.32. The van der Waals surface area contributed by atoms with E-state index in [1.54, 1.807) is 0 Å². The highest BCUT2D eigenvalue weighted by molar-refractivity contribution is 5.72. The van der Waals surface area contributed by atoms with Crippen molar-refractivity contribution < 1.29 is 20.1 Å². The molecule has 0 spiro atoms. The zero-order valence-electron chi connectivity index (χ0n) is 5.29. The highest BCUT2D eigenvalue weighted by Gasteiger charge is 2.28. The van der Waals surface area contributed by atoms with Gasteiger partial charge in [-0.05, 0) is 0 Å². The van der Waals surface area contributed by atoms with E-state index in [2.05, 4.69) is 0 Å². The van der Waals surface area contributed by atoms with Crippen molar-refractivity contribution in [1.82, 2.24) is 0 Å². The molecule has 0 aliphatic heterocycles. The van der Waals surface area contributed by atoms with E-state index < -0.39 is 17.7 Å². The number of hydrogen-bond acceptors (Lipinski definition) is 4. The lowest BCUT2D eigenvalue weighted by Gasteiger charge is -2.26. The molecule has 0 aliphatic carbocycles. The number of carboxylic acids is 1. The molecular weight excluding hydrogens is 124 g/mol. The minimum absolute atomic E-state index is 0.762. The first-order chi connectivity index (χ1) is 3.89. The number of aliphatic hydroxyl groups is 2. The summed E-state index contributed by atoms with van der Waals surface area (Å²) < 4.78 is 0. The Bertz CT molecular complexity index is 116. The molecule has 0 bridgehead atoms. The average molecular weight is 133 g/mol. The summed E-state index contributed by atoms with van der Waals surface area (Å²) in [5, 5.41) is 27.0. The number of carboxylic acid groups (broad SMARTS) is 1. The lowest BCUT2D eigenvalue weighted by molar-refractivity contribution is -0.352. The summed E-state index contributed by atoms with van der Waals surface area (Å²) in [5.41, 5.74) is 0. The van der Waals surface area contributed by atoms with Crippen LogP contribution in [0.5, 0.6) is 0 Å². The van der Waals surface area contributed by atoms with Crippen LogP contribution in [0.3, 0.4) is 0 Å². The zero-order valence-corrected chi connectivity index (χ0v) is 5.29. The van der Waals surface area contributed by atoms with Crippen LogP contribution in [0.1, 0.15) is 13.8 Å². The number of rotatable bonds is 2. The van der Waals surface area contributed by atoms with Gasteiger partial charge in [-0.25, -0.2) is 0 Å². The minimum atomic E-state index is -2.69. The Hall–Kier alpha value is -0.610. The molecule has 0 saturated carbocycles. The first kappa shape index (κ1) is 8.39. The Kier molecular flexibility index (Phi) is 2.17. The monoisotopic (exact) mass is 133 g/mol. The molecule has 0 saturated heterocycles. The van der Waals surface area contributed by atoms with Crippen LogP contribution in [0.4, 0.5) is 0 Å². The molecule has 2 N–H and O–H groups in total. The van der Waals surface area contributed by atoms with E-state index in [9.17, 15) is 9.90 Å². The molecule has 0 aliphatic rings. The topological polar surface area (TPSA) is 80.6 Å². The van der Waals surface area contributed by atoms with Crippen LogP contribution < -0.4 is 5.11 Å². The minimum Gasteiger partial charge on any atom is -0.544 e. The Labute approximate surface area is 52.7 Å². The third kappa shape index (κ3) is 1.65. The van der Waals surface area contributed by atoms with Gasteiger partial charge < -0.3 is 20.1 Å². The summed E-state index contributed by atoms with van der Waals surface area (Å²) in [4.78, 5) is 9.85. The van der Waals surface area contributed by atoms with E-state index in [1.165, 1.54) is 13.8 Å². The maximum atomic E-state index is 9.85. The Morgan fingerprint density at radius 1 is 1.56 bits per heavy atom. The van der Waals surface area contributed by atoms with Gasteiger partial charge in [0, 0.05) is 5.92 Å². The highest BCUT2D eigenvalue weighted by Crippen LogP contribution is 2.10. The van der Waals surface area contributed by atoms with Crippen molar-refractivity contribution in [2.75, 3.05) is 0 Å². The largest absolute Gasteiger partial charge is 0.544 e. The summed E-state index contributed by atoms with van der Waals surface area (Å²) in [6, 6.07) is 0. The van der Waals surface area contributed by atoms with E-state index >= 15 is 0 Å². The second-order valence-corrected chi connectivity index (χ2v) is 2.17. The molecule has 0 amide bonds. The molecule has 4 heteroatoms. The predicted molar refractivity (Wildman–Crippen MR) is 27.0 cm³/mol. The molecule has 0 aromatic rings. The van der Waals surface area contributed by atoms with Crippen LogP contribution >= 0.6 is 0 Å². The molecule has 4 nitrogen and oxygen atoms in total. The third-order valence-electron chi connectivity index (χ3n) is 1.11. The number of hydrogen-bond donors (Lipinski definition) is 2. The van der Waals surface area contributed by atoms with E-state index in [4.69, 9.17) is 10.2 Å². The van der Waals surface area contributed by atoms with Gasteiger partial charge in [0.05, 0.1) is 0 Å². The lowest BCUT2D eigenvalue weighted by Crippen LogP contribution is -2.51. The fourth-order valence-electron chi connectivity index (χ4n) is 0.236. The summed E-state index contributed by atoms with van der Waals surface area (Å²) in [7, 11) is 0. The molecular formula is C5H9O4-. The van der Waals surface area contributed by atoms with Crippen LogP contribution in [-0.4, -0.2) is 22.0 Å². The maximum absolute atomic E-state index is 9.85. The van der Waals surface area contributed by atoms with Gasteiger partial charge in [0.2, 0.25) is 5.79 Å². The lowest BCUT2D eigenvalue weighted by atomic mass is 10.0. The Morgan fingerprint density at radius 2 is 1.89 bits per heavy atom. The molecule has 0 heterocycles. The van der Waals surface area contributed by atoms with Crippen molar-refractivity contribution in [3.05, 3.63) is 0 Å². The Morgan fingerprint density at radius 3 is 1.89 bits per heavy atom. The number of carbonyl (C=O) groups excluding carboxylic acids is 1. The van der Waals surface area contributed by atoms with Gasteiger partial charge in [-0.3, -0.25) is 0 Å². The van der Waals surface area contributed by atoms with Crippen molar-refractivity contribution in [2.24, 2.45) is 5.92 Å². The zero-order chi connectivity index (χ0) is 7.65. The van der Waals surface area contributed by atoms with E-state index in [0.717, 1.165) is 0 Å². The molecule has 0 aromatic heterocycles. The van der Waals surface area contributed by atoms with Crippen molar-refractivity contribution in [3.63, 3.8) is 0 Å². The average Bonchev–Trinajstić information content (AvgIpc) is 1.65. The number of aliphatic carboxylic acids is 1. The molecule has 0 fully saturated rings. The molecule has 0 aromatic carbocycles. The third-order valence-corrected chi connectivity index (χ3v) is 1.11. The Balaban J connectivity index is 4.19. The van der Waals surface area contributed by atoms with Gasteiger partial charge in [0.25, 0.3) is 0 Å². The summed E-state index contributed by atoms with van der Waals surface area (Å²) in [6.45, 7) is 2.74. The predicted octanol–water partition coefficient (Wildman–Crippen LogP) is -1.93. The van der Waals surface area contributed by atoms with Gasteiger partial charge in [-0.15, -0.1) is 0 Å². The smallest absolute Gasteiger partial charge is 0.206 e. The molecule has 54 valence electrons. The van der Waals surface area contributed by atoms with Crippen molar-refractivity contribution in [3.8, 4) is 0 Å². The van der Waals surface area contributed by atoms with Gasteiger partial charge in [-0.2, -0.15) is 0 Å². The first-order valence-electron chi connectivity index (χ1n) is 2.55. The van der Waals surface area contributed by atoms with E-state index in [-0.39, 0.29) is 0 Å². The normalized spacial score (nSPS) is 12.1. The maximum Gasteiger partial charge on any atom is 0.206 e. The van der Waals surface area contributed by atoms with Crippen LogP contribution in [0.15, 0.2) is 0 Å². The van der Waals surface area contributed by atoms with Gasteiger partial charge in [-0.1, -0.05) is 13.8 Å². The second-order valence-electron chi connectivity index (χ2n) is 2.17. The quantitative estimate of drug-likeness (QED) is 0.430. The highest BCUT2D eigenvalue weighted by atomic mass is 16.5. The van der Waals surface area contributed by atoms with E-state index in [1.807, 2.05) is 0 Å². The second kappa shape index (κ2) is 2.33. The SMILES string of the molecule is CC(C)C(O)(O)C(=O)[O-]. The standard InChI is InChI=1S/C5H10O4/c1-3(2)5(8,9)4(6)7/h3,8-9H,1-2H3,(H,6,7)/p-1. The van der Waals surface area contributed by atoms with E-state index in [0.29, 0.717) is 0 Å². The molecule has 0 rings (SSSR count).